The van der Waals surface area contributed by atoms with Crippen LogP contribution in [-0.2, 0) is 10.8 Å². The molecule has 2 aliphatic heterocycles. The summed E-state index contributed by atoms with van der Waals surface area (Å²) in [4.78, 5) is 0. The molecule has 8 heterocycles. The first-order valence-electron chi connectivity index (χ1n) is 26.4. The highest BCUT2D eigenvalue weighted by Gasteiger charge is 2.63. The van der Waals surface area contributed by atoms with Crippen LogP contribution < -0.4 is 9.47 Å². The van der Waals surface area contributed by atoms with Crippen LogP contribution in [0.2, 0.25) is 0 Å². The van der Waals surface area contributed by atoms with Crippen molar-refractivity contribution in [2.75, 3.05) is 0 Å². The van der Waals surface area contributed by atoms with E-state index in [2.05, 4.69) is 191 Å². The van der Waals surface area contributed by atoms with Crippen LogP contribution in [0.25, 0.3) is 99.3 Å². The van der Waals surface area contributed by atoms with Crippen molar-refractivity contribution < 1.29 is 27.1 Å². The van der Waals surface area contributed by atoms with Crippen LogP contribution in [-0.4, -0.2) is 9.13 Å². The summed E-state index contributed by atoms with van der Waals surface area (Å²) in [7, 11) is 0. The smallest absolute Gasteiger partial charge is 0.205 e. The summed E-state index contributed by atoms with van der Waals surface area (Å²) in [5, 5.41) is 8.67. The van der Waals surface area contributed by atoms with Crippen LogP contribution >= 0.6 is 0 Å². The molecule has 364 valence electrons. The van der Waals surface area contributed by atoms with Crippen LogP contribution in [0.4, 0.5) is 0 Å². The van der Waals surface area contributed by atoms with Gasteiger partial charge in [0.25, 0.3) is 0 Å². The summed E-state index contributed by atoms with van der Waals surface area (Å²) in [6, 6.07) is 80.8. The summed E-state index contributed by atoms with van der Waals surface area (Å²) in [6.45, 7) is 0. The normalized spacial score (nSPS) is 14.6. The second-order valence-electron chi connectivity index (χ2n) is 21.0. The van der Waals surface area contributed by atoms with E-state index in [9.17, 15) is 0 Å². The average Bonchev–Trinajstić information content (AvgIpc) is 2.08. The van der Waals surface area contributed by atoms with Crippen molar-refractivity contribution in [2.45, 2.75) is 10.8 Å². The molecule has 1 aliphatic carbocycles. The monoisotopic (exact) mass is 1000 g/mol. The molecule has 10 aromatic carbocycles. The number of rotatable bonds is 2. The molecule has 78 heavy (non-hydrogen) atoms. The highest BCUT2D eigenvalue weighted by Crippen LogP contribution is 2.68. The Morgan fingerprint density at radius 1 is 0.244 bits per heavy atom. The SMILES string of the molecule is c1ccc2c(c1)Oc1ccccc1C21c2cc(-n3c4ccccc4c4cc5c(cc43)oc3ccccc35)oc2C2(c3ccccc3Oc3ccccc32)c2cc(-n3c4ccccc4c4cc5c(cc43)oc3ccccc35)oc21. The lowest BCUT2D eigenvalue weighted by Gasteiger charge is -2.48. The predicted octanol–water partition coefficient (Wildman–Crippen LogP) is 18.2. The van der Waals surface area contributed by atoms with E-state index in [1.54, 1.807) is 0 Å². The average molecular weight is 1000 g/mol. The van der Waals surface area contributed by atoms with Gasteiger partial charge in [0, 0.05) is 101 Å². The van der Waals surface area contributed by atoms with Crippen molar-refractivity contribution in [1.29, 1.82) is 0 Å². The van der Waals surface area contributed by atoms with Crippen LogP contribution in [0.5, 0.6) is 23.0 Å². The Labute approximate surface area is 442 Å². The van der Waals surface area contributed by atoms with Crippen molar-refractivity contribution in [2.24, 2.45) is 0 Å². The molecule has 2 spiro atoms. The van der Waals surface area contributed by atoms with E-state index in [1.165, 1.54) is 0 Å². The van der Waals surface area contributed by atoms with E-state index in [-0.39, 0.29) is 0 Å². The molecule has 0 saturated heterocycles. The van der Waals surface area contributed by atoms with Crippen molar-refractivity contribution in [1.82, 2.24) is 9.13 Å². The molecule has 0 atom stereocenters. The first-order chi connectivity index (χ1) is 38.6. The van der Waals surface area contributed by atoms with E-state index >= 15 is 0 Å². The van der Waals surface area contributed by atoms with E-state index in [0.717, 1.165) is 155 Å². The minimum absolute atomic E-state index is 0.644. The van der Waals surface area contributed by atoms with E-state index in [1.807, 2.05) is 48.5 Å². The maximum Gasteiger partial charge on any atom is 0.205 e. The number of hydrogen-bond donors (Lipinski definition) is 0. The van der Waals surface area contributed by atoms with Crippen molar-refractivity contribution in [3.05, 3.63) is 275 Å². The molecule has 0 radical (unpaired) electrons. The maximum absolute atomic E-state index is 8.05. The Hall–Kier alpha value is -10.4. The van der Waals surface area contributed by atoms with Gasteiger partial charge in [0.15, 0.2) is 0 Å². The number of benzene rings is 10. The third-order valence-corrected chi connectivity index (χ3v) is 17.3. The summed E-state index contributed by atoms with van der Waals surface area (Å²) in [5.74, 6) is 5.69. The fraction of sp³-hybridized carbons (Fsp3) is 0.0286. The lowest BCUT2D eigenvalue weighted by atomic mass is 9.54. The van der Waals surface area contributed by atoms with Gasteiger partial charge in [-0.3, -0.25) is 9.13 Å². The lowest BCUT2D eigenvalue weighted by molar-refractivity contribution is 0.348. The molecule has 6 aromatic heterocycles. The Kier molecular flexibility index (Phi) is 7.48. The van der Waals surface area contributed by atoms with Gasteiger partial charge in [0.05, 0.1) is 22.1 Å². The third-order valence-electron chi connectivity index (χ3n) is 17.3. The molecular weight excluding hydrogens is 965 g/mol. The minimum Gasteiger partial charge on any atom is -0.457 e. The maximum atomic E-state index is 8.05. The number of ether oxygens (including phenoxy) is 2. The Morgan fingerprint density at radius 3 is 1.00 bits per heavy atom. The number of hydrogen-bond acceptors (Lipinski definition) is 6. The number of aromatic nitrogens is 2. The number of nitrogens with zero attached hydrogens (tertiary/aromatic N) is 2. The Morgan fingerprint density at radius 2 is 0.590 bits per heavy atom. The van der Waals surface area contributed by atoms with E-state index < -0.39 is 10.8 Å². The standard InChI is InChI=1S/C70H38N2O6/c1-9-25-53-39(17-1)43-33-45-41-19-3-11-27-57(41)73-63(45)37-55(43)71(53)65-35-51-67(77-65)70(49-23-7-15-31-61(49)76-62-32-16-8-24-50(62)70)52-36-66(78-68(52)69(51)47-21-5-13-29-59(47)75-60-30-14-6-22-48(60)69)72-54-26-10-2-18-40(54)44-34-46-42-20-4-12-28-58(42)74-64(46)38-56(44)72/h1-38H. The molecular formula is C70H38N2O6. The first-order valence-corrected chi connectivity index (χ1v) is 26.4. The summed E-state index contributed by atoms with van der Waals surface area (Å²) in [6.07, 6.45) is 0. The largest absolute Gasteiger partial charge is 0.457 e. The van der Waals surface area contributed by atoms with Gasteiger partial charge < -0.3 is 27.1 Å². The molecule has 0 saturated carbocycles. The van der Waals surface area contributed by atoms with Crippen LogP contribution in [0.1, 0.15) is 44.9 Å². The number of furan rings is 4. The number of para-hydroxylation sites is 8. The fourth-order valence-corrected chi connectivity index (χ4v) is 14.2. The van der Waals surface area contributed by atoms with Gasteiger partial charge in [-0.1, -0.05) is 146 Å². The Bertz CT molecular complexity index is 4850. The molecule has 0 N–H and O–H groups in total. The van der Waals surface area contributed by atoms with Crippen molar-refractivity contribution in [3.63, 3.8) is 0 Å². The third kappa shape index (κ3) is 4.84. The van der Waals surface area contributed by atoms with Crippen LogP contribution in [0, 0.1) is 0 Å². The van der Waals surface area contributed by atoms with Gasteiger partial charge in [0.1, 0.15) is 67.7 Å². The second-order valence-corrected chi connectivity index (χ2v) is 21.0. The van der Waals surface area contributed by atoms with E-state index in [0.29, 0.717) is 11.8 Å². The molecule has 0 unspecified atom stereocenters. The quantitative estimate of drug-likeness (QED) is 0.172. The first kappa shape index (κ1) is 40.9. The summed E-state index contributed by atoms with van der Waals surface area (Å²) < 4.78 is 47.9. The summed E-state index contributed by atoms with van der Waals surface area (Å²) in [5.41, 5.74) is 10.5. The molecule has 8 heteroatoms. The molecule has 8 nitrogen and oxygen atoms in total. The highest BCUT2D eigenvalue weighted by atomic mass is 16.5. The number of fused-ring (bicyclic) bond motifs is 26. The van der Waals surface area contributed by atoms with Crippen LogP contribution in [0.15, 0.2) is 248 Å². The molecule has 0 bridgehead atoms. The van der Waals surface area contributed by atoms with Gasteiger partial charge in [-0.25, -0.2) is 0 Å². The van der Waals surface area contributed by atoms with Gasteiger partial charge in [-0.05, 0) is 60.7 Å². The lowest BCUT2D eigenvalue weighted by Crippen LogP contribution is -2.46. The van der Waals surface area contributed by atoms with Crippen LogP contribution in [0.3, 0.4) is 0 Å². The zero-order valence-electron chi connectivity index (χ0n) is 41.3. The highest BCUT2D eigenvalue weighted by molar-refractivity contribution is 6.19. The van der Waals surface area contributed by atoms with Gasteiger partial charge in [0.2, 0.25) is 11.8 Å². The van der Waals surface area contributed by atoms with Gasteiger partial charge in [-0.2, -0.15) is 0 Å². The zero-order valence-corrected chi connectivity index (χ0v) is 41.3. The fourth-order valence-electron chi connectivity index (χ4n) is 14.2. The molecule has 3 aliphatic rings. The van der Waals surface area contributed by atoms with Gasteiger partial charge >= 0.3 is 0 Å². The topological polar surface area (TPSA) is 80.9 Å². The summed E-state index contributed by atoms with van der Waals surface area (Å²) >= 11 is 0. The second kappa shape index (κ2) is 14.3. The molecule has 0 amide bonds. The van der Waals surface area contributed by atoms with Gasteiger partial charge in [-0.15, -0.1) is 0 Å². The van der Waals surface area contributed by atoms with E-state index in [4.69, 9.17) is 27.1 Å². The predicted molar refractivity (Wildman–Crippen MR) is 305 cm³/mol. The zero-order chi connectivity index (χ0) is 50.6. The molecule has 0 fully saturated rings. The minimum atomic E-state index is -1.14. The van der Waals surface area contributed by atoms with Crippen molar-refractivity contribution in [3.8, 4) is 34.8 Å². The molecule has 19 rings (SSSR count). The van der Waals surface area contributed by atoms with Crippen molar-refractivity contribution >= 4 is 87.5 Å². The molecule has 16 aromatic rings. The Balaban J connectivity index is 0.996.